The number of benzene rings is 2. The van der Waals surface area contributed by atoms with Gasteiger partial charge in [0, 0.05) is 17.4 Å². The number of pyridine rings is 1. The van der Waals surface area contributed by atoms with Crippen LogP contribution in [0, 0.1) is 6.92 Å². The first-order valence-corrected chi connectivity index (χ1v) is 9.58. The van der Waals surface area contributed by atoms with Crippen LogP contribution < -0.4 is 15.6 Å². The predicted octanol–water partition coefficient (Wildman–Crippen LogP) is 3.52. The van der Waals surface area contributed by atoms with Crippen molar-refractivity contribution in [3.8, 4) is 28.6 Å². The molecule has 0 spiro atoms. The van der Waals surface area contributed by atoms with Crippen LogP contribution in [0.25, 0.3) is 22.8 Å². The Morgan fingerprint density at radius 1 is 1.10 bits per heavy atom. The smallest absolute Gasteiger partial charge is 0.263 e. The fraction of sp³-hybridized carbons (Fsp3) is 0.130. The van der Waals surface area contributed by atoms with Gasteiger partial charge in [-0.05, 0) is 43.3 Å². The highest BCUT2D eigenvalue weighted by atomic mass is 16.5. The number of anilines is 1. The van der Waals surface area contributed by atoms with Crippen molar-refractivity contribution in [1.29, 1.82) is 0 Å². The SMILES string of the molecule is COc1ccc(NC(=O)Cn2cccc(-c3nc(-c4ccc(C)cc4)no3)c2=O)cc1. The topological polar surface area (TPSA) is 99.2 Å². The summed E-state index contributed by atoms with van der Waals surface area (Å²) in [5.41, 5.74) is 2.34. The Morgan fingerprint density at radius 2 is 1.84 bits per heavy atom. The zero-order chi connectivity index (χ0) is 21.8. The molecule has 0 aliphatic heterocycles. The first-order valence-electron chi connectivity index (χ1n) is 9.58. The summed E-state index contributed by atoms with van der Waals surface area (Å²) in [5, 5.41) is 6.72. The van der Waals surface area contributed by atoms with E-state index >= 15 is 0 Å². The number of ether oxygens (including phenoxy) is 1. The molecule has 156 valence electrons. The van der Waals surface area contributed by atoms with Crippen LogP contribution in [0.1, 0.15) is 5.56 Å². The van der Waals surface area contributed by atoms with Gasteiger partial charge in [-0.2, -0.15) is 4.98 Å². The predicted molar refractivity (Wildman–Crippen MR) is 116 cm³/mol. The quantitative estimate of drug-likeness (QED) is 0.516. The molecule has 0 fully saturated rings. The molecule has 0 saturated heterocycles. The average molecular weight is 416 g/mol. The first-order chi connectivity index (χ1) is 15.0. The summed E-state index contributed by atoms with van der Waals surface area (Å²) in [6.45, 7) is 1.83. The molecule has 0 radical (unpaired) electrons. The number of nitrogens with one attached hydrogen (secondary N) is 1. The monoisotopic (exact) mass is 416 g/mol. The first kappa shape index (κ1) is 20.1. The summed E-state index contributed by atoms with van der Waals surface area (Å²) < 4.78 is 11.7. The lowest BCUT2D eigenvalue weighted by Crippen LogP contribution is -2.28. The Labute approximate surface area is 178 Å². The van der Waals surface area contributed by atoms with E-state index in [9.17, 15) is 9.59 Å². The van der Waals surface area contributed by atoms with Gasteiger partial charge in [-0.3, -0.25) is 9.59 Å². The van der Waals surface area contributed by atoms with Crippen molar-refractivity contribution < 1.29 is 14.1 Å². The molecule has 0 aliphatic rings. The van der Waals surface area contributed by atoms with Crippen LogP contribution in [0.5, 0.6) is 5.75 Å². The molecule has 8 nitrogen and oxygen atoms in total. The van der Waals surface area contributed by atoms with Crippen molar-refractivity contribution in [1.82, 2.24) is 14.7 Å². The minimum Gasteiger partial charge on any atom is -0.497 e. The van der Waals surface area contributed by atoms with Crippen LogP contribution >= 0.6 is 0 Å². The van der Waals surface area contributed by atoms with Gasteiger partial charge in [0.2, 0.25) is 11.7 Å². The third kappa shape index (κ3) is 4.53. The second kappa shape index (κ2) is 8.66. The number of hydrogen-bond donors (Lipinski definition) is 1. The number of methoxy groups -OCH3 is 1. The highest BCUT2D eigenvalue weighted by molar-refractivity contribution is 5.90. The summed E-state index contributed by atoms with van der Waals surface area (Å²) in [6.07, 6.45) is 1.54. The van der Waals surface area contributed by atoms with E-state index in [1.807, 2.05) is 31.2 Å². The van der Waals surface area contributed by atoms with Crippen LogP contribution in [-0.4, -0.2) is 27.7 Å². The molecule has 0 saturated carbocycles. The molecule has 0 aliphatic carbocycles. The molecule has 31 heavy (non-hydrogen) atoms. The highest BCUT2D eigenvalue weighted by Gasteiger charge is 2.16. The zero-order valence-electron chi connectivity index (χ0n) is 17.0. The summed E-state index contributed by atoms with van der Waals surface area (Å²) >= 11 is 0. The number of nitrogens with zero attached hydrogens (tertiary/aromatic N) is 3. The van der Waals surface area contributed by atoms with Crippen molar-refractivity contribution in [2.45, 2.75) is 13.5 Å². The van der Waals surface area contributed by atoms with Gasteiger partial charge in [0.25, 0.3) is 11.4 Å². The van der Waals surface area contributed by atoms with E-state index in [2.05, 4.69) is 15.5 Å². The van der Waals surface area contributed by atoms with Gasteiger partial charge in [0.15, 0.2) is 0 Å². The van der Waals surface area contributed by atoms with Crippen molar-refractivity contribution in [3.05, 3.63) is 82.8 Å². The lowest BCUT2D eigenvalue weighted by atomic mass is 10.1. The van der Waals surface area contributed by atoms with Crippen LogP contribution in [0.15, 0.2) is 76.2 Å². The van der Waals surface area contributed by atoms with Gasteiger partial charge in [0.05, 0.1) is 7.11 Å². The largest absolute Gasteiger partial charge is 0.497 e. The number of amides is 1. The van der Waals surface area contributed by atoms with Crippen LogP contribution in [0.3, 0.4) is 0 Å². The van der Waals surface area contributed by atoms with E-state index in [1.54, 1.807) is 43.5 Å². The second-order valence-electron chi connectivity index (χ2n) is 6.92. The maximum atomic E-state index is 12.9. The minimum absolute atomic E-state index is 0.102. The third-order valence-electron chi connectivity index (χ3n) is 4.67. The van der Waals surface area contributed by atoms with Crippen molar-refractivity contribution in [2.75, 3.05) is 12.4 Å². The molecular weight excluding hydrogens is 396 g/mol. The summed E-state index contributed by atoms with van der Waals surface area (Å²) in [6, 6.07) is 17.8. The summed E-state index contributed by atoms with van der Waals surface area (Å²) in [7, 11) is 1.57. The van der Waals surface area contributed by atoms with Gasteiger partial charge < -0.3 is 19.1 Å². The van der Waals surface area contributed by atoms with Crippen LogP contribution in [0.4, 0.5) is 5.69 Å². The molecule has 4 aromatic rings. The molecule has 1 amide bonds. The Morgan fingerprint density at radius 3 is 2.55 bits per heavy atom. The van der Waals surface area contributed by atoms with Gasteiger partial charge in [-0.15, -0.1) is 0 Å². The van der Waals surface area contributed by atoms with Crippen molar-refractivity contribution in [2.24, 2.45) is 0 Å². The summed E-state index contributed by atoms with van der Waals surface area (Å²) in [4.78, 5) is 29.6. The molecule has 4 rings (SSSR count). The van der Waals surface area contributed by atoms with E-state index in [1.165, 1.54) is 10.8 Å². The molecule has 2 aromatic heterocycles. The molecule has 2 aromatic carbocycles. The van der Waals surface area contributed by atoms with Gasteiger partial charge >= 0.3 is 0 Å². The molecule has 2 heterocycles. The molecule has 0 atom stereocenters. The van der Waals surface area contributed by atoms with Gasteiger partial charge in [0.1, 0.15) is 17.9 Å². The molecular formula is C23H20N4O4. The van der Waals surface area contributed by atoms with E-state index < -0.39 is 5.56 Å². The lowest BCUT2D eigenvalue weighted by molar-refractivity contribution is -0.116. The number of carbonyl (C=O) groups excluding carboxylic acids is 1. The number of rotatable bonds is 6. The van der Waals surface area contributed by atoms with E-state index in [0.717, 1.165) is 11.1 Å². The van der Waals surface area contributed by atoms with E-state index in [4.69, 9.17) is 9.26 Å². The Hall–Kier alpha value is -4.20. The average Bonchev–Trinajstić information content (AvgIpc) is 3.26. The minimum atomic E-state index is -0.397. The fourth-order valence-corrected chi connectivity index (χ4v) is 3.01. The number of hydrogen-bond acceptors (Lipinski definition) is 6. The Balaban J connectivity index is 1.52. The van der Waals surface area contributed by atoms with Crippen molar-refractivity contribution >= 4 is 11.6 Å². The third-order valence-corrected chi connectivity index (χ3v) is 4.67. The summed E-state index contributed by atoms with van der Waals surface area (Å²) in [5.74, 6) is 0.842. The normalized spacial score (nSPS) is 10.6. The lowest BCUT2D eigenvalue weighted by Gasteiger charge is -2.08. The van der Waals surface area contributed by atoms with Crippen molar-refractivity contribution in [3.63, 3.8) is 0 Å². The molecule has 1 N–H and O–H groups in total. The molecule has 0 bridgehead atoms. The van der Waals surface area contributed by atoms with Crippen LogP contribution in [-0.2, 0) is 11.3 Å². The maximum Gasteiger partial charge on any atom is 0.263 e. The Kier molecular flexibility index (Phi) is 5.61. The highest BCUT2D eigenvalue weighted by Crippen LogP contribution is 2.20. The van der Waals surface area contributed by atoms with Gasteiger partial charge in [-0.25, -0.2) is 0 Å². The molecule has 8 heteroatoms. The number of carbonyl (C=O) groups is 1. The van der Waals surface area contributed by atoms with E-state index in [0.29, 0.717) is 17.3 Å². The second-order valence-corrected chi connectivity index (χ2v) is 6.92. The number of aromatic nitrogens is 3. The molecule has 0 unspecified atom stereocenters. The maximum absolute atomic E-state index is 12.9. The zero-order valence-corrected chi connectivity index (χ0v) is 17.0. The number of aryl methyl sites for hydroxylation is 1. The fourth-order valence-electron chi connectivity index (χ4n) is 3.01. The van der Waals surface area contributed by atoms with Crippen LogP contribution in [0.2, 0.25) is 0 Å². The van der Waals surface area contributed by atoms with E-state index in [-0.39, 0.29) is 23.9 Å². The standard InChI is InChI=1S/C23H20N4O4/c1-15-5-7-16(8-6-15)21-25-22(31-26-21)19-4-3-13-27(23(19)29)14-20(28)24-17-9-11-18(30-2)12-10-17/h3-13H,14H2,1-2H3,(H,24,28). The Bertz CT molecular complexity index is 1260. The van der Waals surface area contributed by atoms with Gasteiger partial charge in [-0.1, -0.05) is 35.0 Å².